The molecule has 1 amide bonds. The smallest absolute Gasteiger partial charge is 0.230 e. The van der Waals surface area contributed by atoms with E-state index in [0.717, 1.165) is 39.9 Å². The number of carbonyl (C=O) groups excluding carboxylic acids is 1. The third-order valence-electron chi connectivity index (χ3n) is 4.76. The highest BCUT2D eigenvalue weighted by atomic mass is 32.2. The number of thiazole rings is 1. The molecule has 0 radical (unpaired) electrons. The van der Waals surface area contributed by atoms with Gasteiger partial charge < -0.3 is 4.57 Å². The van der Waals surface area contributed by atoms with Crippen molar-refractivity contribution in [3.8, 4) is 11.4 Å². The van der Waals surface area contributed by atoms with Gasteiger partial charge in [0.25, 0.3) is 0 Å². The van der Waals surface area contributed by atoms with Gasteiger partial charge in [-0.3, -0.25) is 14.7 Å². The molecule has 158 valence electrons. The van der Waals surface area contributed by atoms with E-state index in [0.29, 0.717) is 10.9 Å². The van der Waals surface area contributed by atoms with Crippen LogP contribution in [0.4, 0.5) is 10.8 Å². The van der Waals surface area contributed by atoms with Crippen LogP contribution in [0.1, 0.15) is 25.1 Å². The van der Waals surface area contributed by atoms with Gasteiger partial charge in [-0.05, 0) is 30.2 Å². The Balaban J connectivity index is 1.52. The lowest BCUT2D eigenvalue weighted by molar-refractivity contribution is -0.115. The average Bonchev–Trinajstić information content (AvgIpc) is 3.40. The van der Waals surface area contributed by atoms with E-state index in [2.05, 4.69) is 22.1 Å². The molecule has 0 aliphatic rings. The molecule has 31 heavy (non-hydrogen) atoms. The van der Waals surface area contributed by atoms with Crippen LogP contribution in [0.5, 0.6) is 0 Å². The number of thioether (sulfide) groups is 1. The molecule has 0 saturated carbocycles. The lowest BCUT2D eigenvalue weighted by Gasteiger charge is -2.20. The second-order valence-electron chi connectivity index (χ2n) is 6.85. The Hall–Kier alpha value is -3.04. The first kappa shape index (κ1) is 21.2. The fourth-order valence-corrected chi connectivity index (χ4v) is 5.01. The number of para-hydroxylation sites is 1. The van der Waals surface area contributed by atoms with Gasteiger partial charge in [0, 0.05) is 43.1 Å². The number of carbonyl (C=O) groups is 1. The van der Waals surface area contributed by atoms with Crippen LogP contribution in [-0.2, 0) is 24.0 Å². The van der Waals surface area contributed by atoms with Crippen LogP contribution in [0.25, 0.3) is 11.4 Å². The van der Waals surface area contributed by atoms with E-state index in [4.69, 9.17) is 4.98 Å². The van der Waals surface area contributed by atoms with Gasteiger partial charge in [-0.25, -0.2) is 4.98 Å². The molecule has 0 aliphatic carbocycles. The van der Waals surface area contributed by atoms with Gasteiger partial charge >= 0.3 is 0 Å². The summed E-state index contributed by atoms with van der Waals surface area (Å²) in [5.74, 6) is 1.36. The molecule has 9 heteroatoms. The molecule has 0 atom stereocenters. The molecule has 0 aliphatic heterocycles. The van der Waals surface area contributed by atoms with Crippen LogP contribution in [0, 0.1) is 0 Å². The maximum Gasteiger partial charge on any atom is 0.230 e. The molecule has 7 nitrogen and oxygen atoms in total. The molecule has 0 unspecified atom stereocenters. The molecule has 0 saturated heterocycles. The Morgan fingerprint density at radius 3 is 2.77 bits per heavy atom. The van der Waals surface area contributed by atoms with E-state index in [-0.39, 0.29) is 5.91 Å². The molecule has 0 fully saturated rings. The lowest BCUT2D eigenvalue weighted by atomic mass is 10.1. The summed E-state index contributed by atoms with van der Waals surface area (Å²) >= 11 is 3.03. The van der Waals surface area contributed by atoms with Crippen molar-refractivity contribution >= 4 is 39.8 Å². The quantitative estimate of drug-likeness (QED) is 0.374. The van der Waals surface area contributed by atoms with Crippen molar-refractivity contribution < 1.29 is 4.79 Å². The molecule has 0 N–H and O–H groups in total. The average molecular weight is 451 g/mol. The van der Waals surface area contributed by atoms with E-state index >= 15 is 0 Å². The van der Waals surface area contributed by atoms with Crippen molar-refractivity contribution in [2.75, 3.05) is 4.90 Å². The molecule has 0 bridgehead atoms. The molecule has 3 aromatic heterocycles. The summed E-state index contributed by atoms with van der Waals surface area (Å²) < 4.78 is 1.95. The van der Waals surface area contributed by atoms with E-state index in [1.54, 1.807) is 36.0 Å². The van der Waals surface area contributed by atoms with Crippen LogP contribution >= 0.6 is 23.1 Å². The number of aromatic nitrogens is 5. The van der Waals surface area contributed by atoms with E-state index in [9.17, 15) is 4.79 Å². The van der Waals surface area contributed by atoms with Gasteiger partial charge in [-0.15, -0.1) is 21.5 Å². The van der Waals surface area contributed by atoms with Gasteiger partial charge in [-0.1, -0.05) is 36.9 Å². The van der Waals surface area contributed by atoms with Crippen molar-refractivity contribution in [3.63, 3.8) is 0 Å². The molecule has 3 heterocycles. The fraction of sp³-hybridized carbons (Fsp3) is 0.227. The number of hydrogen-bond acceptors (Lipinski definition) is 7. The lowest BCUT2D eigenvalue weighted by Crippen LogP contribution is -2.23. The molecular weight excluding hydrogens is 428 g/mol. The zero-order valence-corrected chi connectivity index (χ0v) is 19.2. The third kappa shape index (κ3) is 4.52. The number of aryl methyl sites for hydroxylation is 1. The van der Waals surface area contributed by atoms with Crippen LogP contribution in [-0.4, -0.2) is 30.6 Å². The van der Waals surface area contributed by atoms with Crippen molar-refractivity contribution in [2.45, 2.75) is 31.2 Å². The van der Waals surface area contributed by atoms with E-state index in [1.807, 2.05) is 53.4 Å². The monoisotopic (exact) mass is 450 g/mol. The van der Waals surface area contributed by atoms with Crippen LogP contribution in [0.15, 0.2) is 59.3 Å². The third-order valence-corrected chi connectivity index (χ3v) is 6.69. The maximum atomic E-state index is 12.4. The van der Waals surface area contributed by atoms with Crippen molar-refractivity contribution in [1.82, 2.24) is 24.7 Å². The minimum atomic E-state index is -0.0520. The molecule has 4 rings (SSSR count). The Morgan fingerprint density at radius 2 is 2.03 bits per heavy atom. The minimum absolute atomic E-state index is 0.0520. The molecular formula is C22H22N6OS2. The van der Waals surface area contributed by atoms with E-state index in [1.165, 1.54) is 11.3 Å². The van der Waals surface area contributed by atoms with Crippen molar-refractivity contribution in [2.24, 2.45) is 7.05 Å². The van der Waals surface area contributed by atoms with Crippen LogP contribution in [0.3, 0.4) is 0 Å². The highest BCUT2D eigenvalue weighted by Crippen LogP contribution is 2.33. The van der Waals surface area contributed by atoms with Gasteiger partial charge in [0.15, 0.2) is 16.1 Å². The number of benzene rings is 1. The first-order valence-electron chi connectivity index (χ1n) is 9.84. The summed E-state index contributed by atoms with van der Waals surface area (Å²) in [6.45, 7) is 3.66. The topological polar surface area (TPSA) is 76.8 Å². The molecule has 0 spiro atoms. The number of anilines is 2. The predicted octanol–water partition coefficient (Wildman–Crippen LogP) is 4.87. The number of rotatable bonds is 7. The SMILES string of the molecule is CCc1ccccc1N(C(C)=O)c1nc(CSc2nnc(-c3cccnc3)n2C)cs1. The van der Waals surface area contributed by atoms with Crippen LogP contribution in [0.2, 0.25) is 0 Å². The predicted molar refractivity (Wildman–Crippen MR) is 125 cm³/mol. The zero-order valence-electron chi connectivity index (χ0n) is 17.5. The van der Waals surface area contributed by atoms with Gasteiger partial charge in [0.05, 0.1) is 11.4 Å². The summed E-state index contributed by atoms with van der Waals surface area (Å²) in [5, 5.41) is 12.1. The zero-order chi connectivity index (χ0) is 21.8. The summed E-state index contributed by atoms with van der Waals surface area (Å²) in [4.78, 5) is 23.0. The maximum absolute atomic E-state index is 12.4. The Labute approximate surface area is 189 Å². The Bertz CT molecular complexity index is 1190. The normalized spacial score (nSPS) is 10.9. The first-order valence-corrected chi connectivity index (χ1v) is 11.7. The van der Waals surface area contributed by atoms with Gasteiger partial charge in [-0.2, -0.15) is 0 Å². The standard InChI is InChI=1S/C22H22N6OS2/c1-4-16-8-5-6-10-19(16)28(15(2)29)21-24-18(13-30-21)14-31-22-26-25-20(27(22)3)17-9-7-11-23-12-17/h5-13H,4,14H2,1-3H3. The molecule has 1 aromatic carbocycles. The first-order chi connectivity index (χ1) is 15.1. The second kappa shape index (κ2) is 9.40. The minimum Gasteiger partial charge on any atom is -0.305 e. The van der Waals surface area contributed by atoms with Gasteiger partial charge in [0.2, 0.25) is 5.91 Å². The summed E-state index contributed by atoms with van der Waals surface area (Å²) in [6, 6.07) is 11.8. The Kier molecular flexibility index (Phi) is 6.43. The Morgan fingerprint density at radius 1 is 1.19 bits per heavy atom. The van der Waals surface area contributed by atoms with E-state index < -0.39 is 0 Å². The number of nitrogens with zero attached hydrogens (tertiary/aromatic N) is 6. The molecule has 4 aromatic rings. The highest BCUT2D eigenvalue weighted by Gasteiger charge is 2.20. The fourth-order valence-electron chi connectivity index (χ4n) is 3.23. The largest absolute Gasteiger partial charge is 0.305 e. The highest BCUT2D eigenvalue weighted by molar-refractivity contribution is 7.98. The summed E-state index contributed by atoms with van der Waals surface area (Å²) in [7, 11) is 1.94. The second-order valence-corrected chi connectivity index (χ2v) is 8.63. The summed E-state index contributed by atoms with van der Waals surface area (Å²) in [5.41, 5.74) is 3.83. The number of hydrogen-bond donors (Lipinski definition) is 0. The van der Waals surface area contributed by atoms with Crippen molar-refractivity contribution in [1.29, 1.82) is 0 Å². The number of pyridine rings is 1. The summed E-state index contributed by atoms with van der Waals surface area (Å²) in [6.07, 6.45) is 4.35. The number of amides is 1. The van der Waals surface area contributed by atoms with Gasteiger partial charge in [0.1, 0.15) is 0 Å². The van der Waals surface area contributed by atoms with Crippen LogP contribution < -0.4 is 4.90 Å². The van der Waals surface area contributed by atoms with Crippen molar-refractivity contribution in [3.05, 3.63) is 65.4 Å².